The van der Waals surface area contributed by atoms with Crippen molar-refractivity contribution in [3.05, 3.63) is 45.5 Å². The third-order valence-corrected chi connectivity index (χ3v) is 3.10. The maximum absolute atomic E-state index is 11.8. The predicted octanol–water partition coefficient (Wildman–Crippen LogP) is 1.63. The van der Waals surface area contributed by atoms with Gasteiger partial charge in [-0.15, -0.1) is 0 Å². The van der Waals surface area contributed by atoms with Crippen LogP contribution >= 0.6 is 0 Å². The Hall–Kier alpha value is -1.97. The maximum atomic E-state index is 11.8. The molecule has 1 aliphatic carbocycles. The molecule has 0 atom stereocenters. The molecule has 4 heteroatoms. The van der Waals surface area contributed by atoms with E-state index in [2.05, 4.69) is 15.0 Å². The van der Waals surface area contributed by atoms with E-state index in [4.69, 9.17) is 0 Å². The largest absolute Gasteiger partial charge is 0.305 e. The van der Waals surface area contributed by atoms with Crippen LogP contribution in [-0.2, 0) is 12.8 Å². The summed E-state index contributed by atoms with van der Waals surface area (Å²) in [5, 5.41) is 0. The van der Waals surface area contributed by atoms with Crippen molar-refractivity contribution >= 4 is 0 Å². The van der Waals surface area contributed by atoms with E-state index in [9.17, 15) is 4.79 Å². The summed E-state index contributed by atoms with van der Waals surface area (Å²) in [6.07, 6.45) is 4.55. The fourth-order valence-corrected chi connectivity index (χ4v) is 2.17. The molecule has 0 saturated heterocycles. The zero-order valence-electron chi connectivity index (χ0n) is 9.66. The van der Waals surface area contributed by atoms with Crippen LogP contribution in [0.1, 0.15) is 23.2 Å². The quantitative estimate of drug-likeness (QED) is 0.805. The molecule has 4 nitrogen and oxygen atoms in total. The van der Waals surface area contributed by atoms with Crippen LogP contribution in [0.4, 0.5) is 0 Å². The van der Waals surface area contributed by atoms with Gasteiger partial charge in [-0.2, -0.15) is 0 Å². The smallest absolute Gasteiger partial charge is 0.254 e. The first-order valence-electron chi connectivity index (χ1n) is 5.79. The van der Waals surface area contributed by atoms with Gasteiger partial charge in [0.2, 0.25) is 0 Å². The summed E-state index contributed by atoms with van der Waals surface area (Å²) in [7, 11) is 0. The number of fused-ring (bicyclic) bond motifs is 1. The molecule has 0 aromatic carbocycles. The van der Waals surface area contributed by atoms with Gasteiger partial charge in [-0.25, -0.2) is 4.98 Å². The monoisotopic (exact) mass is 227 g/mol. The molecule has 2 aromatic heterocycles. The Labute approximate surface area is 98.8 Å². The summed E-state index contributed by atoms with van der Waals surface area (Å²) in [6, 6.07) is 3.85. The molecule has 2 aromatic rings. The lowest BCUT2D eigenvalue weighted by atomic mass is 10.2. The van der Waals surface area contributed by atoms with Crippen molar-refractivity contribution in [1.29, 1.82) is 0 Å². The van der Waals surface area contributed by atoms with Gasteiger partial charge < -0.3 is 4.98 Å². The Kier molecular flexibility index (Phi) is 2.28. The zero-order chi connectivity index (χ0) is 11.8. The molecule has 0 saturated carbocycles. The molecular weight excluding hydrogens is 214 g/mol. The van der Waals surface area contributed by atoms with Crippen molar-refractivity contribution < 1.29 is 0 Å². The molecule has 0 spiro atoms. The zero-order valence-corrected chi connectivity index (χ0v) is 9.66. The second kappa shape index (κ2) is 3.80. The van der Waals surface area contributed by atoms with E-state index in [0.29, 0.717) is 5.82 Å². The summed E-state index contributed by atoms with van der Waals surface area (Å²) in [5.74, 6) is 0.579. The highest BCUT2D eigenvalue weighted by Crippen LogP contribution is 2.18. The number of aromatic amines is 1. The average molecular weight is 227 g/mol. The minimum Gasteiger partial charge on any atom is -0.305 e. The standard InChI is InChI=1S/C13H13N3O/c1-8-5-6-11(14-7-8)12-15-10-4-2-3-9(10)13(17)16-12/h5-7H,2-4H2,1H3,(H,15,16,17). The summed E-state index contributed by atoms with van der Waals surface area (Å²) in [4.78, 5) is 23.4. The van der Waals surface area contributed by atoms with Gasteiger partial charge in [-0.1, -0.05) is 6.07 Å². The van der Waals surface area contributed by atoms with Crippen molar-refractivity contribution in [3.8, 4) is 11.5 Å². The van der Waals surface area contributed by atoms with Crippen LogP contribution in [0.3, 0.4) is 0 Å². The van der Waals surface area contributed by atoms with Crippen LogP contribution in [0.5, 0.6) is 0 Å². The number of rotatable bonds is 1. The van der Waals surface area contributed by atoms with Crippen LogP contribution in [-0.4, -0.2) is 15.0 Å². The van der Waals surface area contributed by atoms with Gasteiger partial charge in [0, 0.05) is 11.8 Å². The second-order valence-corrected chi connectivity index (χ2v) is 4.41. The topological polar surface area (TPSA) is 58.6 Å². The SMILES string of the molecule is Cc1ccc(-c2nc3c(c(=O)[nH]2)CCC3)nc1. The Morgan fingerprint density at radius 1 is 1.29 bits per heavy atom. The minimum absolute atomic E-state index is 0.00937. The first kappa shape index (κ1) is 10.2. The fraction of sp³-hybridized carbons (Fsp3) is 0.308. The second-order valence-electron chi connectivity index (χ2n) is 4.41. The number of aromatic nitrogens is 3. The highest BCUT2D eigenvalue weighted by atomic mass is 16.1. The number of pyridine rings is 1. The van der Waals surface area contributed by atoms with E-state index >= 15 is 0 Å². The minimum atomic E-state index is -0.00937. The maximum Gasteiger partial charge on any atom is 0.254 e. The Morgan fingerprint density at radius 3 is 2.94 bits per heavy atom. The van der Waals surface area contributed by atoms with Crippen molar-refractivity contribution in [1.82, 2.24) is 15.0 Å². The predicted molar refractivity (Wildman–Crippen MR) is 64.9 cm³/mol. The summed E-state index contributed by atoms with van der Waals surface area (Å²) >= 11 is 0. The average Bonchev–Trinajstić information content (AvgIpc) is 2.78. The van der Waals surface area contributed by atoms with Crippen LogP contribution in [0.2, 0.25) is 0 Å². The third-order valence-electron chi connectivity index (χ3n) is 3.10. The van der Waals surface area contributed by atoms with Crippen molar-refractivity contribution in [2.75, 3.05) is 0 Å². The molecule has 3 rings (SSSR count). The van der Waals surface area contributed by atoms with E-state index in [1.807, 2.05) is 19.1 Å². The molecule has 0 aliphatic heterocycles. The van der Waals surface area contributed by atoms with Crippen molar-refractivity contribution in [2.24, 2.45) is 0 Å². The number of nitrogens with zero attached hydrogens (tertiary/aromatic N) is 2. The highest BCUT2D eigenvalue weighted by Gasteiger charge is 2.17. The summed E-state index contributed by atoms with van der Waals surface area (Å²) in [6.45, 7) is 1.98. The number of hydrogen-bond donors (Lipinski definition) is 1. The van der Waals surface area contributed by atoms with Gasteiger partial charge in [0.05, 0.1) is 5.69 Å². The lowest BCUT2D eigenvalue weighted by Crippen LogP contribution is -2.15. The van der Waals surface area contributed by atoms with Crippen molar-refractivity contribution in [2.45, 2.75) is 26.2 Å². The van der Waals surface area contributed by atoms with E-state index in [1.165, 1.54) is 0 Å². The van der Waals surface area contributed by atoms with Gasteiger partial charge in [-0.05, 0) is 37.8 Å². The Morgan fingerprint density at radius 2 is 2.18 bits per heavy atom. The fourth-order valence-electron chi connectivity index (χ4n) is 2.17. The third kappa shape index (κ3) is 1.75. The van der Waals surface area contributed by atoms with Crippen LogP contribution in [0.25, 0.3) is 11.5 Å². The van der Waals surface area contributed by atoms with Crippen LogP contribution in [0.15, 0.2) is 23.1 Å². The lowest BCUT2D eigenvalue weighted by molar-refractivity contribution is 0.899. The normalized spacial score (nSPS) is 13.7. The number of hydrogen-bond acceptors (Lipinski definition) is 3. The first-order valence-corrected chi connectivity index (χ1v) is 5.79. The number of H-pyrrole nitrogens is 1. The lowest BCUT2D eigenvalue weighted by Gasteiger charge is -2.03. The van der Waals surface area contributed by atoms with E-state index in [1.54, 1.807) is 6.20 Å². The number of nitrogens with one attached hydrogen (secondary N) is 1. The molecule has 1 N–H and O–H groups in total. The van der Waals surface area contributed by atoms with Gasteiger partial charge >= 0.3 is 0 Å². The molecule has 0 amide bonds. The van der Waals surface area contributed by atoms with Gasteiger partial charge in [-0.3, -0.25) is 9.78 Å². The Bertz CT molecular complexity index is 614. The molecular formula is C13H13N3O. The molecule has 0 fully saturated rings. The van der Waals surface area contributed by atoms with Gasteiger partial charge in [0.25, 0.3) is 5.56 Å². The van der Waals surface area contributed by atoms with Gasteiger partial charge in [0.1, 0.15) is 5.69 Å². The molecule has 0 bridgehead atoms. The molecule has 0 radical (unpaired) electrons. The molecule has 1 aliphatic rings. The van der Waals surface area contributed by atoms with Crippen LogP contribution in [0, 0.1) is 6.92 Å². The molecule has 86 valence electrons. The van der Waals surface area contributed by atoms with E-state index in [0.717, 1.165) is 41.8 Å². The summed E-state index contributed by atoms with van der Waals surface area (Å²) < 4.78 is 0. The highest BCUT2D eigenvalue weighted by molar-refractivity contribution is 5.49. The molecule has 17 heavy (non-hydrogen) atoms. The Balaban J connectivity index is 2.13. The van der Waals surface area contributed by atoms with Crippen molar-refractivity contribution in [3.63, 3.8) is 0 Å². The van der Waals surface area contributed by atoms with Crippen LogP contribution < -0.4 is 5.56 Å². The first-order chi connectivity index (χ1) is 8.24. The van der Waals surface area contributed by atoms with Gasteiger partial charge in [0.15, 0.2) is 5.82 Å². The van der Waals surface area contributed by atoms with E-state index < -0.39 is 0 Å². The number of aryl methyl sites for hydroxylation is 2. The van der Waals surface area contributed by atoms with E-state index in [-0.39, 0.29) is 5.56 Å². The molecule has 2 heterocycles. The molecule has 0 unspecified atom stereocenters. The summed E-state index contributed by atoms with van der Waals surface area (Å²) in [5.41, 5.74) is 3.59.